The van der Waals surface area contributed by atoms with E-state index in [1.165, 1.54) is 26.6 Å². The topological polar surface area (TPSA) is 93.6 Å². The van der Waals surface area contributed by atoms with Crippen LogP contribution in [-0.2, 0) is 0 Å². The Bertz CT molecular complexity index is 950. The van der Waals surface area contributed by atoms with Crippen molar-refractivity contribution < 1.29 is 9.47 Å². The Morgan fingerprint density at radius 1 is 0.897 bits per heavy atom. The van der Waals surface area contributed by atoms with Crippen molar-refractivity contribution in [1.29, 1.82) is 0 Å². The van der Waals surface area contributed by atoms with Crippen molar-refractivity contribution in [3.63, 3.8) is 0 Å². The predicted octanol–water partition coefficient (Wildman–Crippen LogP) is 5.01. The van der Waals surface area contributed by atoms with E-state index < -0.39 is 0 Å². The van der Waals surface area contributed by atoms with E-state index in [-0.39, 0.29) is 18.4 Å². The van der Waals surface area contributed by atoms with Crippen LogP contribution < -0.4 is 20.6 Å². The van der Waals surface area contributed by atoms with E-state index in [0.29, 0.717) is 42.7 Å². The van der Waals surface area contributed by atoms with E-state index >= 15 is 0 Å². The summed E-state index contributed by atoms with van der Waals surface area (Å²) in [4.78, 5) is 0. The fourth-order valence-electron chi connectivity index (χ4n) is 2.13. The molecule has 0 spiro atoms. The largest absolute Gasteiger partial charge is 0.495 e. The van der Waals surface area contributed by atoms with Gasteiger partial charge in [-0.1, -0.05) is 46.4 Å². The van der Waals surface area contributed by atoms with Crippen LogP contribution in [0.25, 0.3) is 0 Å². The van der Waals surface area contributed by atoms with Gasteiger partial charge in [-0.2, -0.15) is 10.2 Å². The lowest BCUT2D eigenvalue weighted by Gasteiger charge is -2.07. The van der Waals surface area contributed by atoms with Gasteiger partial charge in [-0.25, -0.2) is 5.43 Å². The second-order valence-electron chi connectivity index (χ2n) is 5.12. The first-order valence-electron chi connectivity index (χ1n) is 7.57. The predicted molar refractivity (Wildman–Crippen MR) is 123 cm³/mol. The number of rotatable bonds is 6. The number of benzene rings is 2. The minimum absolute atomic E-state index is 0. The summed E-state index contributed by atoms with van der Waals surface area (Å²) in [5.41, 5.74) is 9.32. The quantitative estimate of drug-likeness (QED) is 0.332. The Labute approximate surface area is 193 Å². The van der Waals surface area contributed by atoms with E-state index in [0.717, 1.165) is 0 Å². The zero-order valence-electron chi connectivity index (χ0n) is 15.1. The van der Waals surface area contributed by atoms with Crippen molar-refractivity contribution in [1.82, 2.24) is 5.43 Å². The third-order valence-electron chi connectivity index (χ3n) is 3.23. The van der Waals surface area contributed by atoms with Crippen LogP contribution in [0.3, 0.4) is 0 Å². The molecule has 0 aromatic heterocycles. The highest BCUT2D eigenvalue weighted by Gasteiger charge is 2.09. The van der Waals surface area contributed by atoms with Gasteiger partial charge in [0.25, 0.3) is 0 Å². The van der Waals surface area contributed by atoms with Gasteiger partial charge in [0, 0.05) is 21.2 Å². The van der Waals surface area contributed by atoms with E-state index in [4.69, 9.17) is 61.6 Å². The first-order valence-corrected chi connectivity index (χ1v) is 9.08. The van der Waals surface area contributed by atoms with Gasteiger partial charge in [-0.05, 0) is 24.3 Å². The monoisotopic (exact) mass is 497 g/mol. The second-order valence-corrected chi connectivity index (χ2v) is 6.81. The molecule has 156 valence electrons. The zero-order valence-corrected chi connectivity index (χ0v) is 19.0. The molecule has 0 saturated heterocycles. The highest BCUT2D eigenvalue weighted by Crippen LogP contribution is 2.32. The van der Waals surface area contributed by atoms with Crippen LogP contribution in [0.2, 0.25) is 20.1 Å². The van der Waals surface area contributed by atoms with Crippen molar-refractivity contribution >= 4 is 77.2 Å². The smallest absolute Gasteiger partial charge is 0.234 e. The van der Waals surface area contributed by atoms with Crippen LogP contribution in [0.1, 0.15) is 11.1 Å². The minimum Gasteiger partial charge on any atom is -0.495 e. The lowest BCUT2D eigenvalue weighted by atomic mass is 10.2. The van der Waals surface area contributed by atoms with Crippen molar-refractivity contribution in [2.75, 3.05) is 14.2 Å². The van der Waals surface area contributed by atoms with Gasteiger partial charge in [0.1, 0.15) is 11.5 Å². The molecule has 0 radical (unpaired) electrons. The molecule has 2 rings (SSSR count). The molecule has 0 aliphatic rings. The Balaban J connectivity index is 0.00000420. The maximum atomic E-state index is 6.06. The standard InChI is InChI=1S/C17H15Cl4N5O2.ClH/c1-27-15-9(3-11(18)5-13(15)20)7-23-25-17(22)26-24-8-10-4-12(19)6-14(21)16(10)28-2;/h3-8H,1-2H3,(H3,22,25,26);1H/b23-7+,24-8+;. The lowest BCUT2D eigenvalue weighted by molar-refractivity contribution is 0.414. The normalized spacial score (nSPS) is 11.6. The van der Waals surface area contributed by atoms with Crippen LogP contribution in [0, 0.1) is 0 Å². The van der Waals surface area contributed by atoms with E-state index in [1.807, 2.05) is 0 Å². The third-order valence-corrected chi connectivity index (χ3v) is 4.23. The average molecular weight is 500 g/mol. The summed E-state index contributed by atoms with van der Waals surface area (Å²) in [6.45, 7) is 0. The number of hydrogen-bond donors (Lipinski definition) is 2. The summed E-state index contributed by atoms with van der Waals surface area (Å²) in [5.74, 6) is 0.779. The van der Waals surface area contributed by atoms with Gasteiger partial charge in [-0.3, -0.25) is 0 Å². The number of nitrogens with one attached hydrogen (secondary N) is 1. The van der Waals surface area contributed by atoms with Gasteiger partial charge in [0.15, 0.2) is 0 Å². The molecule has 0 saturated carbocycles. The van der Waals surface area contributed by atoms with Crippen LogP contribution in [-0.4, -0.2) is 32.6 Å². The number of methoxy groups -OCH3 is 2. The number of nitrogens with zero attached hydrogens (tertiary/aromatic N) is 3. The molecule has 2 aromatic rings. The molecule has 0 aliphatic heterocycles. The van der Waals surface area contributed by atoms with Crippen LogP contribution >= 0.6 is 58.8 Å². The number of hydrogen-bond acceptors (Lipinski definition) is 5. The average Bonchev–Trinajstić information content (AvgIpc) is 2.61. The molecule has 3 N–H and O–H groups in total. The fourth-order valence-corrected chi connectivity index (χ4v) is 3.30. The fraction of sp³-hybridized carbons (Fsp3) is 0.118. The van der Waals surface area contributed by atoms with E-state index in [9.17, 15) is 0 Å². The molecule has 0 amide bonds. The molecule has 0 aliphatic carbocycles. The third kappa shape index (κ3) is 7.13. The maximum Gasteiger partial charge on any atom is 0.234 e. The molecule has 0 bridgehead atoms. The Kier molecular flexibility index (Phi) is 10.4. The molecular formula is C17H16Cl5N5O2. The highest BCUT2D eigenvalue weighted by molar-refractivity contribution is 6.36. The number of guanidine groups is 1. The molecule has 29 heavy (non-hydrogen) atoms. The Morgan fingerprint density at radius 2 is 1.38 bits per heavy atom. The molecule has 0 unspecified atom stereocenters. The summed E-state index contributed by atoms with van der Waals surface area (Å²) in [6, 6.07) is 6.39. The van der Waals surface area contributed by atoms with Gasteiger partial charge in [0.05, 0.1) is 36.7 Å². The zero-order chi connectivity index (χ0) is 20.7. The van der Waals surface area contributed by atoms with Crippen molar-refractivity contribution in [2.24, 2.45) is 21.0 Å². The highest BCUT2D eigenvalue weighted by atomic mass is 35.5. The Hall–Kier alpha value is -1.90. The van der Waals surface area contributed by atoms with Crippen molar-refractivity contribution in [3.05, 3.63) is 55.5 Å². The molecule has 12 heteroatoms. The first-order chi connectivity index (χ1) is 13.3. The summed E-state index contributed by atoms with van der Waals surface area (Å²) >= 11 is 24.1. The maximum absolute atomic E-state index is 6.06. The first kappa shape index (κ1) is 25.1. The number of ether oxygens (including phenoxy) is 2. The molecule has 0 atom stereocenters. The van der Waals surface area contributed by atoms with Gasteiger partial charge >= 0.3 is 0 Å². The van der Waals surface area contributed by atoms with Gasteiger partial charge in [-0.15, -0.1) is 17.5 Å². The molecule has 7 nitrogen and oxygen atoms in total. The van der Waals surface area contributed by atoms with Crippen molar-refractivity contribution in [2.45, 2.75) is 0 Å². The number of halogens is 5. The van der Waals surface area contributed by atoms with Crippen molar-refractivity contribution in [3.8, 4) is 11.5 Å². The molecule has 2 aromatic carbocycles. The van der Waals surface area contributed by atoms with Gasteiger partial charge < -0.3 is 15.2 Å². The molecular weight excluding hydrogens is 483 g/mol. The Morgan fingerprint density at radius 3 is 1.86 bits per heavy atom. The van der Waals surface area contributed by atoms with E-state index in [1.54, 1.807) is 24.3 Å². The van der Waals surface area contributed by atoms with Gasteiger partial charge in [0.2, 0.25) is 5.96 Å². The van der Waals surface area contributed by atoms with Crippen LogP contribution in [0.4, 0.5) is 0 Å². The van der Waals surface area contributed by atoms with Crippen LogP contribution in [0.15, 0.2) is 39.6 Å². The molecule has 0 fully saturated rings. The summed E-state index contributed by atoms with van der Waals surface area (Å²) in [6.07, 6.45) is 2.83. The lowest BCUT2D eigenvalue weighted by Crippen LogP contribution is -2.26. The summed E-state index contributed by atoms with van der Waals surface area (Å²) in [7, 11) is 2.97. The second kappa shape index (κ2) is 11.9. The summed E-state index contributed by atoms with van der Waals surface area (Å²) < 4.78 is 10.4. The SMILES string of the molecule is COc1c(Cl)cc(Cl)cc1/C=N/N=C(N)N/N=C/c1cc(Cl)cc(Cl)c1OC.Cl. The minimum atomic E-state index is -0.0633. The number of hydrazone groups is 1. The van der Waals surface area contributed by atoms with E-state index in [2.05, 4.69) is 20.7 Å². The number of nitrogens with two attached hydrogens (primary N) is 1. The summed E-state index contributed by atoms with van der Waals surface area (Å²) in [5, 5.41) is 13.2. The molecule has 0 heterocycles. The van der Waals surface area contributed by atoms with Crippen LogP contribution in [0.5, 0.6) is 11.5 Å².